The predicted molar refractivity (Wildman–Crippen MR) is 79.8 cm³/mol. The summed E-state index contributed by atoms with van der Waals surface area (Å²) in [4.78, 5) is 12.1. The molecule has 2 aromatic rings. The fraction of sp³-hybridized carbons (Fsp3) is 0.400. The maximum Gasteiger partial charge on any atom is 0.229 e. The van der Waals surface area contributed by atoms with Crippen molar-refractivity contribution in [3.63, 3.8) is 0 Å². The number of halogens is 1. The molecule has 3 rings (SSSR count). The zero-order valence-electron chi connectivity index (χ0n) is 11.7. The van der Waals surface area contributed by atoms with Gasteiger partial charge < -0.3 is 5.32 Å². The second-order valence-electron chi connectivity index (χ2n) is 5.21. The standard InChI is InChI=1S/C15H16FN3OS/c1-2-5-13-18-19-15(21-13)17-14(20)11-8-10(11)9-6-3-4-7-12(9)16/h3-4,6-7,10-11H,2,5,8H2,1H3,(H,17,19,20). The number of aromatic nitrogens is 2. The first kappa shape index (κ1) is 14.1. The summed E-state index contributed by atoms with van der Waals surface area (Å²) in [5.41, 5.74) is 0.626. The van der Waals surface area contributed by atoms with Gasteiger partial charge in [0, 0.05) is 12.3 Å². The summed E-state index contributed by atoms with van der Waals surface area (Å²) in [7, 11) is 0. The van der Waals surface area contributed by atoms with Crippen LogP contribution in [0.3, 0.4) is 0 Å². The van der Waals surface area contributed by atoms with Crippen LogP contribution in [0.1, 0.15) is 36.3 Å². The summed E-state index contributed by atoms with van der Waals surface area (Å²) >= 11 is 1.40. The molecular formula is C15H16FN3OS. The number of nitrogens with one attached hydrogen (secondary N) is 1. The number of nitrogens with zero attached hydrogens (tertiary/aromatic N) is 2. The lowest BCUT2D eigenvalue weighted by Gasteiger charge is -2.02. The maximum absolute atomic E-state index is 13.7. The minimum absolute atomic E-state index is 0.0192. The van der Waals surface area contributed by atoms with Crippen LogP contribution in [0, 0.1) is 11.7 Å². The third kappa shape index (κ3) is 3.10. The average molecular weight is 305 g/mol. The molecule has 1 N–H and O–H groups in total. The van der Waals surface area contributed by atoms with Crippen LogP contribution in [0.25, 0.3) is 0 Å². The summed E-state index contributed by atoms with van der Waals surface area (Å²) in [5, 5.41) is 12.2. The van der Waals surface area contributed by atoms with Gasteiger partial charge in [0.2, 0.25) is 11.0 Å². The Bertz CT molecular complexity index is 658. The fourth-order valence-corrected chi connectivity index (χ4v) is 3.27. The number of hydrogen-bond acceptors (Lipinski definition) is 4. The van der Waals surface area contributed by atoms with Gasteiger partial charge in [0.05, 0.1) is 0 Å². The number of amides is 1. The van der Waals surface area contributed by atoms with E-state index in [-0.39, 0.29) is 23.6 Å². The van der Waals surface area contributed by atoms with Gasteiger partial charge in [0.1, 0.15) is 10.8 Å². The van der Waals surface area contributed by atoms with Crippen molar-refractivity contribution in [2.24, 2.45) is 5.92 Å². The zero-order valence-corrected chi connectivity index (χ0v) is 12.5. The molecule has 21 heavy (non-hydrogen) atoms. The molecule has 1 aliphatic rings. The highest BCUT2D eigenvalue weighted by atomic mass is 32.1. The smallest absolute Gasteiger partial charge is 0.229 e. The van der Waals surface area contributed by atoms with Crippen LogP contribution < -0.4 is 5.32 Å². The number of carbonyl (C=O) groups is 1. The molecule has 1 aliphatic carbocycles. The Hall–Kier alpha value is -1.82. The van der Waals surface area contributed by atoms with E-state index in [1.54, 1.807) is 18.2 Å². The van der Waals surface area contributed by atoms with E-state index in [1.807, 2.05) is 0 Å². The molecule has 0 saturated heterocycles. The highest BCUT2D eigenvalue weighted by molar-refractivity contribution is 7.15. The molecule has 6 heteroatoms. The van der Waals surface area contributed by atoms with Crippen LogP contribution in [0.15, 0.2) is 24.3 Å². The van der Waals surface area contributed by atoms with E-state index in [2.05, 4.69) is 22.4 Å². The van der Waals surface area contributed by atoms with Gasteiger partial charge in [0.25, 0.3) is 0 Å². The van der Waals surface area contributed by atoms with Crippen LogP contribution in [-0.2, 0) is 11.2 Å². The molecule has 0 bridgehead atoms. The molecule has 1 saturated carbocycles. The molecular weight excluding hydrogens is 289 g/mol. The quantitative estimate of drug-likeness (QED) is 0.921. The van der Waals surface area contributed by atoms with Gasteiger partial charge in [-0.15, -0.1) is 10.2 Å². The Morgan fingerprint density at radius 3 is 3.00 bits per heavy atom. The molecule has 1 heterocycles. The first-order valence-corrected chi connectivity index (χ1v) is 7.88. The molecule has 0 radical (unpaired) electrons. The molecule has 0 aliphatic heterocycles. The lowest BCUT2D eigenvalue weighted by Crippen LogP contribution is -2.14. The summed E-state index contributed by atoms with van der Waals surface area (Å²) in [5.74, 6) is -0.518. The number of anilines is 1. The van der Waals surface area contributed by atoms with E-state index in [9.17, 15) is 9.18 Å². The molecule has 0 spiro atoms. The molecule has 1 aromatic heterocycles. The minimum Gasteiger partial charge on any atom is -0.300 e. The number of aryl methyl sites for hydroxylation is 1. The number of rotatable bonds is 5. The van der Waals surface area contributed by atoms with Crippen molar-refractivity contribution in [3.8, 4) is 0 Å². The highest BCUT2D eigenvalue weighted by Gasteiger charge is 2.45. The van der Waals surface area contributed by atoms with E-state index in [0.29, 0.717) is 17.1 Å². The molecule has 110 valence electrons. The van der Waals surface area contributed by atoms with E-state index in [0.717, 1.165) is 17.8 Å². The van der Waals surface area contributed by atoms with E-state index in [1.165, 1.54) is 17.4 Å². The molecule has 2 unspecified atom stereocenters. The van der Waals surface area contributed by atoms with Gasteiger partial charge >= 0.3 is 0 Å². The van der Waals surface area contributed by atoms with Gasteiger partial charge in [-0.3, -0.25) is 4.79 Å². The maximum atomic E-state index is 13.7. The largest absolute Gasteiger partial charge is 0.300 e. The van der Waals surface area contributed by atoms with Crippen molar-refractivity contribution in [1.29, 1.82) is 0 Å². The van der Waals surface area contributed by atoms with Crippen LogP contribution in [0.4, 0.5) is 9.52 Å². The van der Waals surface area contributed by atoms with Crippen LogP contribution in [0.5, 0.6) is 0 Å². The van der Waals surface area contributed by atoms with Gasteiger partial charge in [-0.2, -0.15) is 0 Å². The first-order valence-electron chi connectivity index (χ1n) is 7.06. The predicted octanol–water partition coefficient (Wildman–Crippen LogP) is 3.37. The van der Waals surface area contributed by atoms with Crippen LogP contribution in [0.2, 0.25) is 0 Å². The number of benzene rings is 1. The Morgan fingerprint density at radius 2 is 2.24 bits per heavy atom. The second-order valence-corrected chi connectivity index (χ2v) is 6.27. The Labute approximate surface area is 126 Å². The third-order valence-electron chi connectivity index (χ3n) is 3.59. The average Bonchev–Trinajstić information content (AvgIpc) is 3.15. The fourth-order valence-electron chi connectivity index (χ4n) is 2.42. The topological polar surface area (TPSA) is 54.9 Å². The van der Waals surface area contributed by atoms with Crippen LogP contribution >= 0.6 is 11.3 Å². The molecule has 4 nitrogen and oxygen atoms in total. The second kappa shape index (κ2) is 5.89. The highest BCUT2D eigenvalue weighted by Crippen LogP contribution is 2.48. The Balaban J connectivity index is 1.61. The zero-order chi connectivity index (χ0) is 14.8. The SMILES string of the molecule is CCCc1nnc(NC(=O)C2CC2c2ccccc2F)s1. The van der Waals surface area contributed by atoms with Crippen molar-refractivity contribution >= 4 is 22.4 Å². The van der Waals surface area contributed by atoms with Gasteiger partial charge in [-0.05, 0) is 30.4 Å². The van der Waals surface area contributed by atoms with Crippen molar-refractivity contribution in [1.82, 2.24) is 10.2 Å². The van der Waals surface area contributed by atoms with Gasteiger partial charge in [-0.25, -0.2) is 4.39 Å². The van der Waals surface area contributed by atoms with E-state index < -0.39 is 0 Å². The summed E-state index contributed by atoms with van der Waals surface area (Å²) < 4.78 is 13.7. The minimum atomic E-state index is -0.237. The Morgan fingerprint density at radius 1 is 1.43 bits per heavy atom. The van der Waals surface area contributed by atoms with Crippen molar-refractivity contribution < 1.29 is 9.18 Å². The summed E-state index contributed by atoms with van der Waals surface area (Å²) in [6.07, 6.45) is 2.56. The molecule has 2 atom stereocenters. The van der Waals surface area contributed by atoms with E-state index in [4.69, 9.17) is 0 Å². The van der Waals surface area contributed by atoms with Crippen LogP contribution in [-0.4, -0.2) is 16.1 Å². The first-order chi connectivity index (χ1) is 10.2. The van der Waals surface area contributed by atoms with E-state index >= 15 is 0 Å². The number of carbonyl (C=O) groups excluding carboxylic acids is 1. The summed E-state index contributed by atoms with van der Waals surface area (Å²) in [6, 6.07) is 6.64. The third-order valence-corrected chi connectivity index (χ3v) is 4.49. The monoisotopic (exact) mass is 305 g/mol. The lowest BCUT2D eigenvalue weighted by atomic mass is 10.1. The molecule has 1 fully saturated rings. The van der Waals surface area contributed by atoms with Gasteiger partial charge in [0.15, 0.2) is 0 Å². The summed E-state index contributed by atoms with van der Waals surface area (Å²) in [6.45, 7) is 2.07. The van der Waals surface area contributed by atoms with Crippen molar-refractivity contribution in [2.45, 2.75) is 32.1 Å². The number of hydrogen-bond donors (Lipinski definition) is 1. The lowest BCUT2D eigenvalue weighted by molar-refractivity contribution is -0.117. The van der Waals surface area contributed by atoms with Gasteiger partial charge in [-0.1, -0.05) is 36.5 Å². The Kier molecular flexibility index (Phi) is 3.96. The van der Waals surface area contributed by atoms with Crippen molar-refractivity contribution in [3.05, 3.63) is 40.7 Å². The molecule has 1 aromatic carbocycles. The normalized spacial score (nSPS) is 20.3. The van der Waals surface area contributed by atoms with Crippen molar-refractivity contribution in [2.75, 3.05) is 5.32 Å². The molecule has 1 amide bonds.